The molecule has 0 unspecified atom stereocenters. The van der Waals surface area contributed by atoms with Gasteiger partial charge in [0.05, 0.1) is 11.6 Å². The number of aromatic nitrogens is 1. The van der Waals surface area contributed by atoms with E-state index in [2.05, 4.69) is 16.4 Å². The molecule has 1 aromatic rings. The zero-order valence-electron chi connectivity index (χ0n) is 6.67. The SMILES string of the molecule is N#Cc1ccnc2c1CNCC2. The maximum absolute atomic E-state index is 8.79. The Morgan fingerprint density at radius 2 is 2.50 bits per heavy atom. The molecule has 1 aliphatic heterocycles. The van der Waals surface area contributed by atoms with Gasteiger partial charge in [-0.1, -0.05) is 0 Å². The summed E-state index contributed by atoms with van der Waals surface area (Å²) in [6.07, 6.45) is 2.65. The van der Waals surface area contributed by atoms with Crippen LogP contribution in [0, 0.1) is 11.3 Å². The quantitative estimate of drug-likeness (QED) is 0.603. The third kappa shape index (κ3) is 1.06. The molecule has 0 saturated heterocycles. The van der Waals surface area contributed by atoms with Gasteiger partial charge in [-0.3, -0.25) is 4.98 Å². The molecule has 0 saturated carbocycles. The second kappa shape index (κ2) is 2.92. The largest absolute Gasteiger partial charge is 0.312 e. The molecule has 3 nitrogen and oxygen atoms in total. The van der Waals surface area contributed by atoms with Gasteiger partial charge in [0, 0.05) is 37.0 Å². The molecule has 0 aliphatic carbocycles. The molecule has 1 N–H and O–H groups in total. The van der Waals surface area contributed by atoms with E-state index >= 15 is 0 Å². The Kier molecular flexibility index (Phi) is 1.77. The van der Waals surface area contributed by atoms with Gasteiger partial charge in [-0.05, 0) is 6.07 Å². The summed E-state index contributed by atoms with van der Waals surface area (Å²) in [6, 6.07) is 3.94. The van der Waals surface area contributed by atoms with Crippen molar-refractivity contribution < 1.29 is 0 Å². The summed E-state index contributed by atoms with van der Waals surface area (Å²) in [7, 11) is 0. The minimum atomic E-state index is 0.757. The van der Waals surface area contributed by atoms with E-state index in [9.17, 15) is 0 Å². The Balaban J connectivity index is 2.53. The van der Waals surface area contributed by atoms with Crippen LogP contribution in [-0.2, 0) is 13.0 Å². The minimum Gasteiger partial charge on any atom is -0.312 e. The molecule has 1 aromatic heterocycles. The number of rotatable bonds is 0. The molecule has 2 rings (SSSR count). The molecular weight excluding hydrogens is 150 g/mol. The lowest BCUT2D eigenvalue weighted by Gasteiger charge is -2.16. The fraction of sp³-hybridized carbons (Fsp3) is 0.333. The summed E-state index contributed by atoms with van der Waals surface area (Å²) in [4.78, 5) is 4.24. The standard InChI is InChI=1S/C9H9N3/c10-5-7-1-4-12-9-2-3-11-6-8(7)9/h1,4,11H,2-3,6H2. The minimum absolute atomic E-state index is 0.757. The van der Waals surface area contributed by atoms with Gasteiger partial charge in [-0.15, -0.1) is 0 Å². The van der Waals surface area contributed by atoms with Crippen LogP contribution < -0.4 is 5.32 Å². The third-order valence-corrected chi connectivity index (χ3v) is 2.11. The Hall–Kier alpha value is -1.40. The lowest BCUT2D eigenvalue weighted by Crippen LogP contribution is -2.25. The van der Waals surface area contributed by atoms with Crippen molar-refractivity contribution >= 4 is 0 Å². The van der Waals surface area contributed by atoms with E-state index in [0.29, 0.717) is 0 Å². The summed E-state index contributed by atoms with van der Waals surface area (Å²) < 4.78 is 0. The first-order chi connectivity index (χ1) is 5.92. The van der Waals surface area contributed by atoms with E-state index in [4.69, 9.17) is 5.26 Å². The van der Waals surface area contributed by atoms with Gasteiger partial charge < -0.3 is 5.32 Å². The molecule has 1 aliphatic rings. The van der Waals surface area contributed by atoms with Crippen molar-refractivity contribution in [3.8, 4) is 6.07 Å². The van der Waals surface area contributed by atoms with Gasteiger partial charge in [-0.2, -0.15) is 5.26 Å². The van der Waals surface area contributed by atoms with Crippen molar-refractivity contribution in [2.75, 3.05) is 6.54 Å². The predicted octanol–water partition coefficient (Wildman–Crippen LogP) is 0.599. The first-order valence-electron chi connectivity index (χ1n) is 3.99. The van der Waals surface area contributed by atoms with Crippen LogP contribution in [0.2, 0.25) is 0 Å². The zero-order valence-corrected chi connectivity index (χ0v) is 6.67. The first-order valence-corrected chi connectivity index (χ1v) is 3.99. The van der Waals surface area contributed by atoms with Crippen LogP contribution in [0.25, 0.3) is 0 Å². The fourth-order valence-corrected chi connectivity index (χ4v) is 1.47. The number of pyridine rings is 1. The Labute approximate surface area is 71.0 Å². The van der Waals surface area contributed by atoms with Crippen LogP contribution in [0.4, 0.5) is 0 Å². The van der Waals surface area contributed by atoms with E-state index in [-0.39, 0.29) is 0 Å². The molecule has 0 aromatic carbocycles. The average molecular weight is 159 g/mol. The molecule has 3 heteroatoms. The molecule has 0 fully saturated rings. The first kappa shape index (κ1) is 7.26. The number of hydrogen-bond donors (Lipinski definition) is 1. The third-order valence-electron chi connectivity index (χ3n) is 2.11. The Morgan fingerprint density at radius 3 is 3.33 bits per heavy atom. The molecule has 0 amide bonds. The van der Waals surface area contributed by atoms with E-state index in [1.165, 1.54) is 0 Å². The van der Waals surface area contributed by atoms with E-state index in [1.807, 2.05) is 0 Å². The maximum Gasteiger partial charge on any atom is 0.0996 e. The highest BCUT2D eigenvalue weighted by Crippen LogP contribution is 2.14. The lowest BCUT2D eigenvalue weighted by atomic mass is 10.0. The molecule has 0 atom stereocenters. The van der Waals surface area contributed by atoms with Gasteiger partial charge in [0.25, 0.3) is 0 Å². The molecule has 60 valence electrons. The number of fused-ring (bicyclic) bond motifs is 1. The monoisotopic (exact) mass is 159 g/mol. The molecule has 12 heavy (non-hydrogen) atoms. The van der Waals surface area contributed by atoms with Gasteiger partial charge in [0.2, 0.25) is 0 Å². The van der Waals surface area contributed by atoms with Crippen molar-refractivity contribution in [3.05, 3.63) is 29.1 Å². The number of hydrogen-bond acceptors (Lipinski definition) is 3. The summed E-state index contributed by atoms with van der Waals surface area (Å²) in [5.74, 6) is 0. The summed E-state index contributed by atoms with van der Waals surface area (Å²) in [5.41, 5.74) is 2.91. The van der Waals surface area contributed by atoms with E-state index < -0.39 is 0 Å². The van der Waals surface area contributed by atoms with Crippen molar-refractivity contribution in [1.29, 1.82) is 5.26 Å². The Bertz CT molecular complexity index is 338. The predicted molar refractivity (Wildman–Crippen MR) is 44.4 cm³/mol. The van der Waals surface area contributed by atoms with Crippen LogP contribution in [0.3, 0.4) is 0 Å². The number of nitrogens with zero attached hydrogens (tertiary/aromatic N) is 2. The molecular formula is C9H9N3. The van der Waals surface area contributed by atoms with Crippen LogP contribution in [0.15, 0.2) is 12.3 Å². The fourth-order valence-electron chi connectivity index (χ4n) is 1.47. The molecule has 0 spiro atoms. The van der Waals surface area contributed by atoms with Crippen molar-refractivity contribution in [2.24, 2.45) is 0 Å². The molecule has 2 heterocycles. The lowest BCUT2D eigenvalue weighted by molar-refractivity contribution is 0.629. The molecule has 0 bridgehead atoms. The molecule has 0 radical (unpaired) electrons. The Morgan fingerprint density at radius 1 is 1.58 bits per heavy atom. The summed E-state index contributed by atoms with van der Waals surface area (Å²) >= 11 is 0. The van der Waals surface area contributed by atoms with Crippen molar-refractivity contribution in [2.45, 2.75) is 13.0 Å². The number of nitrogens with one attached hydrogen (secondary N) is 1. The zero-order chi connectivity index (χ0) is 8.39. The van der Waals surface area contributed by atoms with Crippen molar-refractivity contribution in [1.82, 2.24) is 10.3 Å². The van der Waals surface area contributed by atoms with Crippen molar-refractivity contribution in [3.63, 3.8) is 0 Å². The van der Waals surface area contributed by atoms with Crippen LogP contribution in [-0.4, -0.2) is 11.5 Å². The smallest absolute Gasteiger partial charge is 0.0996 e. The van der Waals surface area contributed by atoms with Gasteiger partial charge in [0.1, 0.15) is 0 Å². The topological polar surface area (TPSA) is 48.7 Å². The summed E-state index contributed by atoms with van der Waals surface area (Å²) in [5, 5.41) is 12.0. The van der Waals surface area contributed by atoms with E-state index in [0.717, 1.165) is 36.3 Å². The normalized spacial score (nSPS) is 14.9. The maximum atomic E-state index is 8.79. The highest BCUT2D eigenvalue weighted by atomic mass is 14.9. The highest BCUT2D eigenvalue weighted by molar-refractivity contribution is 5.40. The van der Waals surface area contributed by atoms with Gasteiger partial charge in [0.15, 0.2) is 0 Å². The highest BCUT2D eigenvalue weighted by Gasteiger charge is 2.12. The van der Waals surface area contributed by atoms with E-state index in [1.54, 1.807) is 12.3 Å². The second-order valence-electron chi connectivity index (χ2n) is 2.82. The van der Waals surface area contributed by atoms with Crippen LogP contribution in [0.1, 0.15) is 16.8 Å². The van der Waals surface area contributed by atoms with Crippen LogP contribution in [0.5, 0.6) is 0 Å². The average Bonchev–Trinajstić information content (AvgIpc) is 2.17. The van der Waals surface area contributed by atoms with Gasteiger partial charge >= 0.3 is 0 Å². The number of nitriles is 1. The summed E-state index contributed by atoms with van der Waals surface area (Å²) in [6.45, 7) is 1.75. The van der Waals surface area contributed by atoms with Crippen LogP contribution >= 0.6 is 0 Å². The van der Waals surface area contributed by atoms with Gasteiger partial charge in [-0.25, -0.2) is 0 Å². The second-order valence-corrected chi connectivity index (χ2v) is 2.82.